The van der Waals surface area contributed by atoms with Crippen LogP contribution in [0, 0.1) is 0 Å². The van der Waals surface area contributed by atoms with E-state index in [4.69, 9.17) is 10.7 Å². The van der Waals surface area contributed by atoms with Gasteiger partial charge in [0.2, 0.25) is 5.91 Å². The summed E-state index contributed by atoms with van der Waals surface area (Å²) in [6.45, 7) is 0.803. The molecule has 0 bridgehead atoms. The number of carbonyl (C=O) groups excluding carboxylic acids is 1. The Morgan fingerprint density at radius 1 is 1.19 bits per heavy atom. The quantitative estimate of drug-likeness (QED) is 0.587. The van der Waals surface area contributed by atoms with E-state index in [2.05, 4.69) is 22.0 Å². The first-order valence-electron chi connectivity index (χ1n) is 8.63. The monoisotopic (exact) mass is 342 g/mol. The fourth-order valence-electron chi connectivity index (χ4n) is 3.98. The van der Waals surface area contributed by atoms with E-state index >= 15 is 0 Å². The van der Waals surface area contributed by atoms with Gasteiger partial charge < -0.3 is 15.6 Å². The third kappa shape index (κ3) is 2.10. The molecule has 5 rings (SSSR count). The van der Waals surface area contributed by atoms with Crippen molar-refractivity contribution in [1.82, 2.24) is 14.9 Å². The van der Waals surface area contributed by atoms with Crippen molar-refractivity contribution in [2.75, 3.05) is 7.05 Å². The molecule has 1 amide bonds. The van der Waals surface area contributed by atoms with Crippen LogP contribution in [0.25, 0.3) is 28.6 Å². The Bertz CT molecular complexity index is 1090. The molecule has 0 atom stereocenters. The Kier molecular flexibility index (Phi) is 3.06. The minimum absolute atomic E-state index is 0.385. The van der Waals surface area contributed by atoms with Gasteiger partial charge in [0.1, 0.15) is 5.82 Å². The number of nitrogens with zero attached hydrogens (tertiary/aromatic N) is 2. The number of hydrogen-bond donors (Lipinski definition) is 2. The Labute approximate surface area is 151 Å². The summed E-state index contributed by atoms with van der Waals surface area (Å²) >= 11 is 0. The number of nitrogens with two attached hydrogens (primary N) is 1. The molecule has 1 aliphatic carbocycles. The summed E-state index contributed by atoms with van der Waals surface area (Å²) in [6.07, 6.45) is 4.77. The van der Waals surface area contributed by atoms with E-state index in [-0.39, 0.29) is 5.91 Å². The van der Waals surface area contributed by atoms with Crippen molar-refractivity contribution in [1.29, 1.82) is 0 Å². The molecule has 0 fully saturated rings. The van der Waals surface area contributed by atoms with E-state index in [1.165, 1.54) is 5.56 Å². The second-order valence-electron chi connectivity index (χ2n) is 6.89. The lowest BCUT2D eigenvalue weighted by molar-refractivity contribution is 0.0999. The molecule has 128 valence electrons. The Balaban J connectivity index is 1.74. The van der Waals surface area contributed by atoms with Crippen LogP contribution in [0.5, 0.6) is 0 Å². The first-order chi connectivity index (χ1) is 12.6. The Morgan fingerprint density at radius 3 is 2.88 bits per heavy atom. The standard InChI is InChI=1S/C21H18N4O/c1-25-9-8-17-18(11-25)24-21(23-17)15-7-6-14(20(22)26)16-10-12-4-2-3-5-13(12)19(15)16/h2-9H,10-11H2,1H3,(H2,22,26)(H,23,24). The lowest BCUT2D eigenvalue weighted by Gasteiger charge is -2.16. The topological polar surface area (TPSA) is 75.0 Å². The van der Waals surface area contributed by atoms with E-state index in [1.54, 1.807) is 0 Å². The minimum Gasteiger partial charge on any atom is -0.374 e. The zero-order valence-corrected chi connectivity index (χ0v) is 14.4. The SMILES string of the molecule is CN1C=Cc2nc(-c3ccc(C(N)=O)c4c3-c3ccccc3C4)[nH]c2C1. The largest absolute Gasteiger partial charge is 0.374 e. The molecule has 2 aliphatic rings. The van der Waals surface area contributed by atoms with Crippen molar-refractivity contribution >= 4 is 12.0 Å². The van der Waals surface area contributed by atoms with Gasteiger partial charge in [-0.25, -0.2) is 4.98 Å². The number of aromatic amines is 1. The first kappa shape index (κ1) is 15.0. The lowest BCUT2D eigenvalue weighted by Crippen LogP contribution is -2.14. The van der Waals surface area contributed by atoms with Gasteiger partial charge >= 0.3 is 0 Å². The molecule has 0 radical (unpaired) electrons. The predicted octanol–water partition coefficient (Wildman–Crippen LogP) is 3.16. The van der Waals surface area contributed by atoms with Crippen LogP contribution in [0.2, 0.25) is 0 Å². The summed E-state index contributed by atoms with van der Waals surface area (Å²) in [5, 5.41) is 0. The molecule has 5 heteroatoms. The van der Waals surface area contributed by atoms with E-state index in [1.807, 2.05) is 43.6 Å². The van der Waals surface area contributed by atoms with Gasteiger partial charge in [-0.15, -0.1) is 0 Å². The number of benzene rings is 2. The maximum atomic E-state index is 11.9. The molecular formula is C21H18N4O. The summed E-state index contributed by atoms with van der Waals surface area (Å²) in [6, 6.07) is 12.0. The van der Waals surface area contributed by atoms with Gasteiger partial charge in [0.15, 0.2) is 0 Å². The molecule has 3 aromatic rings. The van der Waals surface area contributed by atoms with E-state index < -0.39 is 0 Å². The fraction of sp³-hybridized carbons (Fsp3) is 0.143. The average Bonchev–Trinajstić information content (AvgIpc) is 3.21. The summed E-state index contributed by atoms with van der Waals surface area (Å²) in [5.41, 5.74) is 13.7. The maximum absolute atomic E-state index is 11.9. The van der Waals surface area contributed by atoms with Crippen molar-refractivity contribution < 1.29 is 4.79 Å². The van der Waals surface area contributed by atoms with Gasteiger partial charge in [-0.2, -0.15) is 0 Å². The minimum atomic E-state index is -0.385. The maximum Gasteiger partial charge on any atom is 0.249 e. The lowest BCUT2D eigenvalue weighted by atomic mass is 9.95. The molecule has 26 heavy (non-hydrogen) atoms. The van der Waals surface area contributed by atoms with Crippen LogP contribution in [-0.4, -0.2) is 27.8 Å². The summed E-state index contributed by atoms with van der Waals surface area (Å²) < 4.78 is 0. The van der Waals surface area contributed by atoms with E-state index in [0.29, 0.717) is 5.56 Å². The van der Waals surface area contributed by atoms with Crippen LogP contribution in [-0.2, 0) is 13.0 Å². The fourth-order valence-corrected chi connectivity index (χ4v) is 3.98. The zero-order chi connectivity index (χ0) is 17.8. The van der Waals surface area contributed by atoms with Crippen molar-refractivity contribution in [3.63, 3.8) is 0 Å². The van der Waals surface area contributed by atoms with Crippen molar-refractivity contribution in [3.8, 4) is 22.5 Å². The Morgan fingerprint density at radius 2 is 2.04 bits per heavy atom. The smallest absolute Gasteiger partial charge is 0.249 e. The van der Waals surface area contributed by atoms with Gasteiger partial charge in [0, 0.05) is 24.4 Å². The molecule has 5 nitrogen and oxygen atoms in total. The number of nitrogens with one attached hydrogen (secondary N) is 1. The van der Waals surface area contributed by atoms with Gasteiger partial charge in [-0.1, -0.05) is 24.3 Å². The number of hydrogen-bond acceptors (Lipinski definition) is 3. The molecule has 0 unspecified atom stereocenters. The number of carbonyl (C=O) groups is 1. The number of imidazole rings is 1. The molecule has 0 saturated carbocycles. The van der Waals surface area contributed by atoms with E-state index in [0.717, 1.165) is 52.4 Å². The van der Waals surface area contributed by atoms with Crippen LogP contribution in [0.1, 0.15) is 32.9 Å². The van der Waals surface area contributed by atoms with Crippen LogP contribution in [0.3, 0.4) is 0 Å². The van der Waals surface area contributed by atoms with Crippen molar-refractivity contribution in [3.05, 3.63) is 70.7 Å². The van der Waals surface area contributed by atoms with Crippen LogP contribution >= 0.6 is 0 Å². The van der Waals surface area contributed by atoms with Gasteiger partial charge in [-0.3, -0.25) is 4.79 Å². The molecule has 0 spiro atoms. The number of amides is 1. The average molecular weight is 342 g/mol. The van der Waals surface area contributed by atoms with Gasteiger partial charge in [-0.05, 0) is 46.9 Å². The third-order valence-corrected chi connectivity index (χ3v) is 5.19. The zero-order valence-electron chi connectivity index (χ0n) is 14.4. The molecule has 0 saturated heterocycles. The third-order valence-electron chi connectivity index (χ3n) is 5.19. The second-order valence-corrected chi connectivity index (χ2v) is 6.89. The van der Waals surface area contributed by atoms with Crippen LogP contribution in [0.15, 0.2) is 42.6 Å². The summed E-state index contributed by atoms with van der Waals surface area (Å²) in [5.74, 6) is 0.447. The number of aromatic nitrogens is 2. The molecule has 2 aromatic carbocycles. The predicted molar refractivity (Wildman–Crippen MR) is 101 cm³/mol. The highest BCUT2D eigenvalue weighted by Crippen LogP contribution is 2.44. The number of primary amides is 1. The molecule has 2 heterocycles. The number of rotatable bonds is 2. The highest BCUT2D eigenvalue weighted by atomic mass is 16.1. The summed E-state index contributed by atoms with van der Waals surface area (Å²) in [7, 11) is 2.04. The summed E-state index contributed by atoms with van der Waals surface area (Å²) in [4.78, 5) is 22.3. The van der Waals surface area contributed by atoms with Gasteiger partial charge in [0.05, 0.1) is 17.9 Å². The number of fused-ring (bicyclic) bond motifs is 4. The van der Waals surface area contributed by atoms with Crippen molar-refractivity contribution in [2.45, 2.75) is 13.0 Å². The van der Waals surface area contributed by atoms with Gasteiger partial charge in [0.25, 0.3) is 0 Å². The number of H-pyrrole nitrogens is 1. The molecule has 1 aromatic heterocycles. The van der Waals surface area contributed by atoms with E-state index in [9.17, 15) is 4.79 Å². The highest BCUT2D eigenvalue weighted by molar-refractivity contribution is 6.01. The van der Waals surface area contributed by atoms with Crippen LogP contribution < -0.4 is 5.73 Å². The first-order valence-corrected chi connectivity index (χ1v) is 8.63. The Hall–Kier alpha value is -3.34. The second kappa shape index (κ2) is 5.33. The van der Waals surface area contributed by atoms with Crippen molar-refractivity contribution in [2.24, 2.45) is 5.73 Å². The highest BCUT2D eigenvalue weighted by Gasteiger charge is 2.27. The molecule has 3 N–H and O–H groups in total. The molecule has 1 aliphatic heterocycles. The molecular weight excluding hydrogens is 324 g/mol. The normalized spacial score (nSPS) is 14.1. The van der Waals surface area contributed by atoms with Crippen LogP contribution in [0.4, 0.5) is 0 Å².